The molecule has 1 unspecified atom stereocenters. The molecule has 1 saturated carbocycles. The minimum Gasteiger partial charge on any atom is -0.465 e. The molecule has 2 amide bonds. The van der Waals surface area contributed by atoms with Crippen molar-refractivity contribution >= 4 is 29.2 Å². The van der Waals surface area contributed by atoms with E-state index in [1.807, 2.05) is 0 Å². The molecule has 7 heteroatoms. The lowest BCUT2D eigenvalue weighted by atomic mass is 9.88. The molecule has 7 nitrogen and oxygen atoms in total. The molecule has 0 aliphatic heterocycles. The molecule has 28 heavy (non-hydrogen) atoms. The maximum absolute atomic E-state index is 12.3. The smallest absolute Gasteiger partial charge is 0.314 e. The minimum absolute atomic E-state index is 0.0464. The summed E-state index contributed by atoms with van der Waals surface area (Å²) in [5.41, 5.74) is 3.99. The third kappa shape index (κ3) is 6.18. The summed E-state index contributed by atoms with van der Waals surface area (Å²) in [7, 11) is 0. The summed E-state index contributed by atoms with van der Waals surface area (Å²) < 4.78 is 4.94. The zero-order valence-corrected chi connectivity index (χ0v) is 16.8. The number of hydrogen-bond acceptors (Lipinski definition) is 5. The number of nitrogens with one attached hydrogen (secondary N) is 2. The molecule has 152 valence electrons. The first kappa shape index (κ1) is 21.6. The Morgan fingerprint density at radius 1 is 1.14 bits per heavy atom. The van der Waals surface area contributed by atoms with Gasteiger partial charge in [0.1, 0.15) is 0 Å². The molecule has 0 bridgehead atoms. The summed E-state index contributed by atoms with van der Waals surface area (Å²) in [6.07, 6.45) is 5.29. The summed E-state index contributed by atoms with van der Waals surface area (Å²) >= 11 is 0. The Kier molecular flexibility index (Phi) is 8.17. The lowest BCUT2D eigenvalue weighted by Crippen LogP contribution is -2.26. The second-order valence-corrected chi connectivity index (χ2v) is 7.07. The number of ether oxygens (including phenoxy) is 1. The van der Waals surface area contributed by atoms with Gasteiger partial charge in [0.25, 0.3) is 5.91 Å². The molecule has 0 aromatic heterocycles. The topological polar surface area (TPSA) is 96.9 Å². The highest BCUT2D eigenvalue weighted by Gasteiger charge is 2.21. The van der Waals surface area contributed by atoms with Crippen molar-refractivity contribution < 1.29 is 19.1 Å². The molecular weight excluding hydrogens is 358 g/mol. The Labute approximate surface area is 165 Å². The number of esters is 1. The highest BCUT2D eigenvalue weighted by Crippen LogP contribution is 2.25. The fourth-order valence-electron chi connectivity index (χ4n) is 3.05. The van der Waals surface area contributed by atoms with Crippen LogP contribution in [-0.2, 0) is 14.3 Å². The summed E-state index contributed by atoms with van der Waals surface area (Å²) in [6.45, 7) is 5.37. The van der Waals surface area contributed by atoms with E-state index in [0.717, 1.165) is 25.7 Å². The number of anilines is 1. The maximum Gasteiger partial charge on any atom is 0.314 e. The Morgan fingerprint density at radius 2 is 1.79 bits per heavy atom. The second kappa shape index (κ2) is 10.6. The quantitative estimate of drug-likeness (QED) is 0.425. The van der Waals surface area contributed by atoms with Gasteiger partial charge in [-0.25, -0.2) is 5.43 Å². The van der Waals surface area contributed by atoms with Crippen molar-refractivity contribution in [3.8, 4) is 0 Å². The number of hydrogen-bond donors (Lipinski definition) is 2. The number of carbonyl (C=O) groups is 3. The predicted molar refractivity (Wildman–Crippen MR) is 108 cm³/mol. The number of amides is 2. The van der Waals surface area contributed by atoms with Gasteiger partial charge in [-0.1, -0.05) is 19.3 Å². The van der Waals surface area contributed by atoms with Crippen LogP contribution in [0.2, 0.25) is 0 Å². The van der Waals surface area contributed by atoms with Gasteiger partial charge in [-0.15, -0.1) is 0 Å². The van der Waals surface area contributed by atoms with E-state index in [9.17, 15) is 14.4 Å². The van der Waals surface area contributed by atoms with E-state index < -0.39 is 5.92 Å². The van der Waals surface area contributed by atoms with E-state index >= 15 is 0 Å². The van der Waals surface area contributed by atoms with E-state index in [4.69, 9.17) is 4.74 Å². The largest absolute Gasteiger partial charge is 0.465 e. The molecule has 1 aromatic carbocycles. The number of hydrazone groups is 1. The van der Waals surface area contributed by atoms with Crippen LogP contribution in [0, 0.1) is 11.8 Å². The molecule has 0 saturated heterocycles. The number of benzene rings is 1. The van der Waals surface area contributed by atoms with Gasteiger partial charge >= 0.3 is 5.97 Å². The summed E-state index contributed by atoms with van der Waals surface area (Å²) in [6, 6.07) is 6.66. The van der Waals surface area contributed by atoms with Crippen molar-refractivity contribution in [3.63, 3.8) is 0 Å². The standard InChI is InChI=1S/C21H29N3O4/c1-4-28-21(27)14(2)15(3)23-24-20(26)17-10-12-18(13-11-17)22-19(25)16-8-6-5-7-9-16/h10-14,16H,4-9H2,1-3H3,(H,22,25)(H,24,26)/b23-15+. The van der Waals surface area contributed by atoms with Gasteiger partial charge in [-0.05, 0) is 57.9 Å². The number of rotatable bonds is 7. The molecule has 1 aliphatic carbocycles. The predicted octanol–water partition coefficient (Wildman–Crippen LogP) is 3.51. The third-order valence-corrected chi connectivity index (χ3v) is 4.99. The monoisotopic (exact) mass is 387 g/mol. The van der Waals surface area contributed by atoms with Crippen molar-refractivity contribution in [2.45, 2.75) is 52.9 Å². The van der Waals surface area contributed by atoms with E-state index in [2.05, 4.69) is 15.8 Å². The highest BCUT2D eigenvalue weighted by molar-refractivity contribution is 6.02. The van der Waals surface area contributed by atoms with Crippen molar-refractivity contribution in [3.05, 3.63) is 29.8 Å². The summed E-state index contributed by atoms with van der Waals surface area (Å²) in [5, 5.41) is 6.90. The van der Waals surface area contributed by atoms with E-state index in [-0.39, 0.29) is 23.7 Å². The van der Waals surface area contributed by atoms with Gasteiger partial charge in [0, 0.05) is 22.9 Å². The molecule has 0 heterocycles. The van der Waals surface area contributed by atoms with Crippen LogP contribution in [0.5, 0.6) is 0 Å². The number of carbonyl (C=O) groups excluding carboxylic acids is 3. The fourth-order valence-corrected chi connectivity index (χ4v) is 3.05. The van der Waals surface area contributed by atoms with E-state index in [1.165, 1.54) is 6.42 Å². The normalized spacial score (nSPS) is 16.2. The molecule has 2 N–H and O–H groups in total. The molecule has 0 spiro atoms. The molecule has 1 atom stereocenters. The van der Waals surface area contributed by atoms with Crippen LogP contribution in [0.1, 0.15) is 63.2 Å². The van der Waals surface area contributed by atoms with Crippen molar-refractivity contribution in [2.24, 2.45) is 16.9 Å². The maximum atomic E-state index is 12.3. The van der Waals surface area contributed by atoms with Gasteiger partial charge in [0.2, 0.25) is 5.91 Å². The molecule has 2 rings (SSSR count). The summed E-state index contributed by atoms with van der Waals surface area (Å²) in [4.78, 5) is 36.2. The number of nitrogens with zero attached hydrogens (tertiary/aromatic N) is 1. The van der Waals surface area contributed by atoms with Crippen LogP contribution in [0.4, 0.5) is 5.69 Å². The van der Waals surface area contributed by atoms with Crippen LogP contribution in [-0.4, -0.2) is 30.1 Å². The third-order valence-electron chi connectivity index (χ3n) is 4.99. The zero-order valence-electron chi connectivity index (χ0n) is 16.8. The Bertz CT molecular complexity index is 722. The van der Waals surface area contributed by atoms with Gasteiger partial charge < -0.3 is 10.1 Å². The molecular formula is C21H29N3O4. The Morgan fingerprint density at radius 3 is 2.39 bits per heavy atom. The average Bonchev–Trinajstić information content (AvgIpc) is 2.72. The van der Waals surface area contributed by atoms with Crippen LogP contribution in [0.25, 0.3) is 0 Å². The van der Waals surface area contributed by atoms with Crippen LogP contribution in [0.3, 0.4) is 0 Å². The lowest BCUT2D eigenvalue weighted by Gasteiger charge is -2.20. The van der Waals surface area contributed by atoms with E-state index in [1.54, 1.807) is 45.0 Å². The van der Waals surface area contributed by atoms with Crippen molar-refractivity contribution in [2.75, 3.05) is 11.9 Å². The Hall–Kier alpha value is -2.70. The first-order chi connectivity index (χ1) is 13.4. The van der Waals surface area contributed by atoms with Crippen LogP contribution >= 0.6 is 0 Å². The van der Waals surface area contributed by atoms with Gasteiger partial charge in [-0.3, -0.25) is 14.4 Å². The Balaban J connectivity index is 1.89. The van der Waals surface area contributed by atoms with Gasteiger partial charge in [-0.2, -0.15) is 5.10 Å². The molecule has 1 aromatic rings. The van der Waals surface area contributed by atoms with Crippen LogP contribution < -0.4 is 10.7 Å². The average molecular weight is 387 g/mol. The first-order valence-corrected chi connectivity index (χ1v) is 9.84. The molecule has 0 radical (unpaired) electrons. The first-order valence-electron chi connectivity index (χ1n) is 9.84. The fraction of sp³-hybridized carbons (Fsp3) is 0.524. The zero-order chi connectivity index (χ0) is 20.5. The van der Waals surface area contributed by atoms with Gasteiger partial charge in [0.15, 0.2) is 0 Å². The minimum atomic E-state index is -0.530. The van der Waals surface area contributed by atoms with Crippen molar-refractivity contribution in [1.82, 2.24) is 5.43 Å². The second-order valence-electron chi connectivity index (χ2n) is 7.07. The molecule has 1 fully saturated rings. The molecule has 1 aliphatic rings. The van der Waals surface area contributed by atoms with E-state index in [0.29, 0.717) is 23.6 Å². The van der Waals surface area contributed by atoms with Crippen LogP contribution in [0.15, 0.2) is 29.4 Å². The summed E-state index contributed by atoms with van der Waals surface area (Å²) in [5.74, 6) is -1.17. The SMILES string of the molecule is CCOC(=O)C(C)/C(C)=N/NC(=O)c1ccc(NC(=O)C2CCCCC2)cc1. The van der Waals surface area contributed by atoms with Crippen molar-refractivity contribution in [1.29, 1.82) is 0 Å². The lowest BCUT2D eigenvalue weighted by molar-refractivity contribution is -0.145. The van der Waals surface area contributed by atoms with Gasteiger partial charge in [0.05, 0.1) is 12.5 Å². The highest BCUT2D eigenvalue weighted by atomic mass is 16.5.